The zero-order valence-corrected chi connectivity index (χ0v) is 9.17. The Morgan fingerprint density at radius 2 is 1.93 bits per heavy atom. The maximum atomic E-state index is 9.34. The van der Waals surface area contributed by atoms with Gasteiger partial charge in [-0.3, -0.25) is 0 Å². The second-order valence-electron chi connectivity index (χ2n) is 3.27. The van der Waals surface area contributed by atoms with Crippen LogP contribution < -0.4 is 0 Å². The Morgan fingerprint density at radius 3 is 2.64 bits per heavy atom. The summed E-state index contributed by atoms with van der Waals surface area (Å²) in [6.07, 6.45) is 6.48. The average molecular weight is 190 g/mol. The summed E-state index contributed by atoms with van der Waals surface area (Å²) in [4.78, 5) is 0. The Labute approximate surface area is 86.1 Å². The van der Waals surface area contributed by atoms with E-state index in [-0.39, 0.29) is 0 Å². The van der Waals surface area contributed by atoms with Gasteiger partial charge in [0.2, 0.25) is 0 Å². The van der Waals surface area contributed by atoms with Crippen molar-refractivity contribution in [1.29, 1.82) is 0 Å². The van der Waals surface area contributed by atoms with Crippen LogP contribution in [-0.4, -0.2) is 5.11 Å². The molecule has 0 aromatic heterocycles. The molecule has 1 nitrogen and oxygen atoms in total. The molecular weight excluding hydrogens is 172 g/mol. The fourth-order valence-corrected chi connectivity index (χ4v) is 1.75. The summed E-state index contributed by atoms with van der Waals surface area (Å²) in [5.41, 5.74) is 3.77. The van der Waals surface area contributed by atoms with Gasteiger partial charge in [0.1, 0.15) is 5.75 Å². The Hall–Kier alpha value is -1.24. The van der Waals surface area contributed by atoms with Crippen molar-refractivity contribution in [2.24, 2.45) is 0 Å². The van der Waals surface area contributed by atoms with Gasteiger partial charge >= 0.3 is 0 Å². The highest BCUT2D eigenvalue weighted by molar-refractivity contribution is 5.60. The summed E-state index contributed by atoms with van der Waals surface area (Å²) in [6.45, 7) is 6.05. The minimum Gasteiger partial charge on any atom is -0.508 e. The number of phenolic OH excluding ortho intramolecular Hbond substituents is 1. The smallest absolute Gasteiger partial charge is 0.116 e. The molecule has 2 rings (SSSR count). The molecule has 1 aromatic carbocycles. The van der Waals surface area contributed by atoms with Crippen LogP contribution in [-0.2, 0) is 6.42 Å². The minimum atomic E-state index is 0.373. The van der Waals surface area contributed by atoms with Crippen LogP contribution in [0.2, 0.25) is 0 Å². The molecule has 0 fully saturated rings. The Kier molecular flexibility index (Phi) is 3.75. The number of benzene rings is 1. The first-order valence-corrected chi connectivity index (χ1v) is 5.26. The van der Waals surface area contributed by atoms with Crippen LogP contribution in [0.15, 0.2) is 18.2 Å². The van der Waals surface area contributed by atoms with Gasteiger partial charge in [-0.15, -0.1) is 0 Å². The van der Waals surface area contributed by atoms with Crippen LogP contribution in [0.1, 0.15) is 37.0 Å². The topological polar surface area (TPSA) is 20.2 Å². The predicted octanol–water partition coefficient (Wildman–Crippen LogP) is 3.69. The molecule has 1 aliphatic carbocycles. The number of aryl methyl sites for hydroxylation is 1. The normalized spacial score (nSPS) is 12.8. The Balaban J connectivity index is 0.000000461. The Bertz CT molecular complexity index is 337. The van der Waals surface area contributed by atoms with E-state index in [1.165, 1.54) is 16.7 Å². The summed E-state index contributed by atoms with van der Waals surface area (Å²) >= 11 is 0. The van der Waals surface area contributed by atoms with Crippen molar-refractivity contribution in [3.8, 4) is 5.75 Å². The van der Waals surface area contributed by atoms with Gasteiger partial charge in [-0.25, -0.2) is 0 Å². The van der Waals surface area contributed by atoms with Crippen LogP contribution in [0.25, 0.3) is 6.08 Å². The molecule has 0 amide bonds. The van der Waals surface area contributed by atoms with Crippen molar-refractivity contribution in [3.05, 3.63) is 34.9 Å². The van der Waals surface area contributed by atoms with Gasteiger partial charge in [0, 0.05) is 0 Å². The largest absolute Gasteiger partial charge is 0.508 e. The van der Waals surface area contributed by atoms with Crippen LogP contribution in [0.5, 0.6) is 5.75 Å². The van der Waals surface area contributed by atoms with Crippen LogP contribution in [0.3, 0.4) is 0 Å². The fourth-order valence-electron chi connectivity index (χ4n) is 1.75. The molecule has 0 bridgehead atoms. The molecule has 0 saturated carbocycles. The van der Waals surface area contributed by atoms with Gasteiger partial charge in [0.25, 0.3) is 0 Å². The van der Waals surface area contributed by atoms with Gasteiger partial charge in [-0.1, -0.05) is 26.0 Å². The zero-order chi connectivity index (χ0) is 10.6. The lowest BCUT2D eigenvalue weighted by Crippen LogP contribution is -1.96. The summed E-state index contributed by atoms with van der Waals surface area (Å²) < 4.78 is 0. The molecule has 14 heavy (non-hydrogen) atoms. The first-order valence-electron chi connectivity index (χ1n) is 5.26. The second-order valence-corrected chi connectivity index (χ2v) is 3.27. The highest BCUT2D eigenvalue weighted by Gasteiger charge is 2.07. The lowest BCUT2D eigenvalue weighted by molar-refractivity contribution is 0.474. The maximum absolute atomic E-state index is 9.34. The molecule has 0 atom stereocenters. The summed E-state index contributed by atoms with van der Waals surface area (Å²) in [7, 11) is 0. The number of hydrogen-bond acceptors (Lipinski definition) is 1. The first-order chi connectivity index (χ1) is 6.77. The second kappa shape index (κ2) is 4.85. The predicted molar refractivity (Wildman–Crippen MR) is 61.5 cm³/mol. The standard InChI is InChI=1S/C11H12O.C2H6/c1-8-6-10(12)7-9-4-2-3-5-11(8)9;1-2/h2,4,6-7,12H,3,5H2,1H3;1-2H3. The number of hydrogen-bond donors (Lipinski definition) is 1. The average Bonchev–Trinajstić information content (AvgIpc) is 2.20. The third kappa shape index (κ3) is 2.16. The summed E-state index contributed by atoms with van der Waals surface area (Å²) in [5.74, 6) is 0.373. The fraction of sp³-hybridized carbons (Fsp3) is 0.385. The van der Waals surface area contributed by atoms with Gasteiger partial charge in [0.15, 0.2) is 0 Å². The molecule has 0 aliphatic heterocycles. The molecule has 0 unspecified atom stereocenters. The van der Waals surface area contributed by atoms with Crippen molar-refractivity contribution in [2.75, 3.05) is 0 Å². The van der Waals surface area contributed by atoms with E-state index in [0.29, 0.717) is 5.75 Å². The van der Waals surface area contributed by atoms with Crippen LogP contribution in [0, 0.1) is 6.92 Å². The van der Waals surface area contributed by atoms with E-state index >= 15 is 0 Å². The molecule has 76 valence electrons. The molecule has 1 aromatic rings. The van der Waals surface area contributed by atoms with E-state index in [4.69, 9.17) is 0 Å². The molecule has 0 saturated heterocycles. The van der Waals surface area contributed by atoms with E-state index in [1.54, 1.807) is 0 Å². The zero-order valence-electron chi connectivity index (χ0n) is 9.17. The summed E-state index contributed by atoms with van der Waals surface area (Å²) in [5, 5.41) is 9.34. The number of rotatable bonds is 0. The van der Waals surface area contributed by atoms with Gasteiger partial charge < -0.3 is 5.11 Å². The molecule has 1 heteroatoms. The number of aromatic hydroxyl groups is 1. The quantitative estimate of drug-likeness (QED) is 0.661. The number of phenols is 1. The van der Waals surface area contributed by atoms with Crippen molar-refractivity contribution >= 4 is 6.08 Å². The van der Waals surface area contributed by atoms with Gasteiger partial charge in [-0.2, -0.15) is 0 Å². The van der Waals surface area contributed by atoms with E-state index in [9.17, 15) is 5.11 Å². The van der Waals surface area contributed by atoms with Gasteiger partial charge in [-0.05, 0) is 48.6 Å². The SMILES string of the molecule is CC.Cc1cc(O)cc2c1CCC=C2. The molecule has 0 spiro atoms. The minimum absolute atomic E-state index is 0.373. The molecular formula is C13H18O. The lowest BCUT2D eigenvalue weighted by atomic mass is 9.93. The highest BCUT2D eigenvalue weighted by atomic mass is 16.3. The van der Waals surface area contributed by atoms with Crippen molar-refractivity contribution in [3.63, 3.8) is 0 Å². The van der Waals surface area contributed by atoms with E-state index in [1.807, 2.05) is 26.0 Å². The third-order valence-electron chi connectivity index (χ3n) is 2.35. The van der Waals surface area contributed by atoms with Crippen molar-refractivity contribution in [2.45, 2.75) is 33.6 Å². The Morgan fingerprint density at radius 1 is 1.21 bits per heavy atom. The molecule has 1 N–H and O–H groups in total. The molecule has 0 radical (unpaired) electrons. The lowest BCUT2D eigenvalue weighted by Gasteiger charge is -2.13. The van der Waals surface area contributed by atoms with E-state index < -0.39 is 0 Å². The third-order valence-corrected chi connectivity index (χ3v) is 2.35. The summed E-state index contributed by atoms with van der Waals surface area (Å²) in [6, 6.07) is 3.66. The highest BCUT2D eigenvalue weighted by Crippen LogP contribution is 2.26. The monoisotopic (exact) mass is 190 g/mol. The number of allylic oxidation sites excluding steroid dienone is 1. The van der Waals surface area contributed by atoms with Gasteiger partial charge in [0.05, 0.1) is 0 Å². The maximum Gasteiger partial charge on any atom is 0.116 e. The van der Waals surface area contributed by atoms with Crippen molar-refractivity contribution < 1.29 is 5.11 Å². The number of fused-ring (bicyclic) bond motifs is 1. The molecule has 1 aliphatic rings. The van der Waals surface area contributed by atoms with Crippen molar-refractivity contribution in [1.82, 2.24) is 0 Å². The first kappa shape index (κ1) is 10.8. The van der Waals surface area contributed by atoms with Crippen LogP contribution >= 0.6 is 0 Å². The molecule has 0 heterocycles. The van der Waals surface area contributed by atoms with Crippen LogP contribution in [0.4, 0.5) is 0 Å². The van der Waals surface area contributed by atoms with E-state index in [0.717, 1.165) is 12.8 Å². The van der Waals surface area contributed by atoms with E-state index in [2.05, 4.69) is 19.1 Å².